The molecule has 0 radical (unpaired) electrons. The molecule has 2 heterocycles. The Morgan fingerprint density at radius 1 is 0.421 bits per heavy atom. The molecule has 5 aromatic rings. The van der Waals surface area contributed by atoms with E-state index in [1.807, 2.05) is 55.5 Å². The Bertz CT molecular complexity index is 2430. The topological polar surface area (TPSA) is 167 Å². The molecule has 3 aromatic carbocycles. The summed E-state index contributed by atoms with van der Waals surface area (Å²) >= 11 is 0. The van der Waals surface area contributed by atoms with Gasteiger partial charge in [0.05, 0.1) is 63.4 Å². The third-order valence-corrected chi connectivity index (χ3v) is 12.5. The van der Waals surface area contributed by atoms with Crippen molar-refractivity contribution in [2.45, 2.75) is 155 Å². The molecule has 0 fully saturated rings. The number of nitrogens with zero attached hydrogens (tertiary/aromatic N) is 4. The van der Waals surface area contributed by atoms with Crippen LogP contribution in [0.3, 0.4) is 0 Å². The summed E-state index contributed by atoms with van der Waals surface area (Å²) in [6, 6.07) is 20.8. The fraction of sp³-hybridized carbons (Fsp3) is 0.468. The lowest BCUT2D eigenvalue weighted by molar-refractivity contribution is -0.138. The molecule has 14 nitrogen and oxygen atoms in total. The molecule has 0 saturated carbocycles. The van der Waals surface area contributed by atoms with E-state index in [-0.39, 0.29) is 25.2 Å². The van der Waals surface area contributed by atoms with Crippen molar-refractivity contribution in [3.8, 4) is 45.8 Å². The largest absolute Gasteiger partial charge is 0.490 e. The molecule has 0 unspecified atom stereocenters. The summed E-state index contributed by atoms with van der Waals surface area (Å²) in [5, 5.41) is 0. The fourth-order valence-electron chi connectivity index (χ4n) is 8.13. The van der Waals surface area contributed by atoms with Crippen molar-refractivity contribution in [1.82, 2.24) is 19.9 Å². The third kappa shape index (κ3) is 24.1. The summed E-state index contributed by atoms with van der Waals surface area (Å²) in [5.74, 6) is 2.32. The van der Waals surface area contributed by atoms with Gasteiger partial charge in [-0.25, -0.2) is 34.3 Å². The Kier molecular flexibility index (Phi) is 28.9. The number of carbonyl (C=O) groups excluding carboxylic acids is 3. The highest BCUT2D eigenvalue weighted by Gasteiger charge is 2.15. The van der Waals surface area contributed by atoms with Gasteiger partial charge in [0, 0.05) is 23.3 Å². The van der Waals surface area contributed by atoms with Crippen molar-refractivity contribution in [3.63, 3.8) is 0 Å². The first kappa shape index (κ1) is 59.8. The van der Waals surface area contributed by atoms with E-state index in [4.69, 9.17) is 33.2 Å². The Balaban J connectivity index is 0.989. The van der Waals surface area contributed by atoms with E-state index in [9.17, 15) is 14.4 Å². The van der Waals surface area contributed by atoms with E-state index < -0.39 is 5.97 Å². The van der Waals surface area contributed by atoms with Crippen molar-refractivity contribution in [2.24, 2.45) is 0 Å². The van der Waals surface area contributed by atoms with Gasteiger partial charge in [-0.1, -0.05) is 171 Å². The Labute approximate surface area is 451 Å². The van der Waals surface area contributed by atoms with E-state index in [2.05, 4.69) is 33.1 Å². The van der Waals surface area contributed by atoms with Gasteiger partial charge in [-0.05, 0) is 61.4 Å². The molecule has 0 aliphatic rings. The highest BCUT2D eigenvalue weighted by molar-refractivity contribution is 5.90. The highest BCUT2D eigenvalue weighted by atomic mass is 16.5. The van der Waals surface area contributed by atoms with Gasteiger partial charge < -0.3 is 33.2 Å². The summed E-state index contributed by atoms with van der Waals surface area (Å²) in [6.07, 6.45) is 32.8. The number of esters is 3. The first-order valence-corrected chi connectivity index (χ1v) is 27.6. The molecular formula is C62H80N4O10. The number of ether oxygens (including phenoxy) is 7. The van der Waals surface area contributed by atoms with Crippen LogP contribution in [0, 0.1) is 0 Å². The highest BCUT2D eigenvalue weighted by Crippen LogP contribution is 2.31. The van der Waals surface area contributed by atoms with E-state index in [0.717, 1.165) is 80.0 Å². The molecule has 0 aliphatic carbocycles. The van der Waals surface area contributed by atoms with E-state index in [0.29, 0.717) is 73.2 Å². The van der Waals surface area contributed by atoms with E-state index in [1.54, 1.807) is 43.0 Å². The smallest absolute Gasteiger partial charge is 0.338 e. The summed E-state index contributed by atoms with van der Waals surface area (Å²) in [5.41, 5.74) is 3.96. The molecule has 0 aliphatic heterocycles. The monoisotopic (exact) mass is 1040 g/mol. The van der Waals surface area contributed by atoms with Crippen molar-refractivity contribution < 1.29 is 47.5 Å². The second-order valence-corrected chi connectivity index (χ2v) is 18.8. The number of carbonyl (C=O) groups is 3. The average molecular weight is 1040 g/mol. The van der Waals surface area contributed by atoms with Crippen molar-refractivity contribution in [3.05, 3.63) is 134 Å². The lowest BCUT2D eigenvalue weighted by Crippen LogP contribution is -2.07. The fourth-order valence-corrected chi connectivity index (χ4v) is 8.13. The molecule has 0 spiro atoms. The van der Waals surface area contributed by atoms with Crippen LogP contribution in [0.15, 0.2) is 117 Å². The Hall–Kier alpha value is -7.09. The van der Waals surface area contributed by atoms with Gasteiger partial charge in [-0.3, -0.25) is 0 Å². The SMILES string of the molecule is C=CC(=O)OCCCCCCCCCCCCOc1cnc(-c2ccc(COc3ccc(C(=O)OCCC)cc3OCc3ccc(-c4ncc(OCCCCCCCCCCCCOC(=O)C=C)cn4)cc3)cc2)nc1. The number of benzene rings is 3. The van der Waals surface area contributed by atoms with Crippen molar-refractivity contribution in [1.29, 1.82) is 0 Å². The molecule has 2 aromatic heterocycles. The quantitative estimate of drug-likeness (QED) is 0.0157. The number of rotatable bonds is 41. The maximum absolute atomic E-state index is 12.8. The molecule has 0 saturated heterocycles. The third-order valence-electron chi connectivity index (χ3n) is 12.5. The second-order valence-electron chi connectivity index (χ2n) is 18.8. The average Bonchev–Trinajstić information content (AvgIpc) is 3.46. The number of hydrogen-bond donors (Lipinski definition) is 0. The summed E-state index contributed by atoms with van der Waals surface area (Å²) in [7, 11) is 0. The normalized spacial score (nSPS) is 10.9. The molecule has 0 atom stereocenters. The van der Waals surface area contributed by atoms with Crippen LogP contribution in [0.1, 0.15) is 163 Å². The molecule has 5 rings (SSSR count). The first-order valence-electron chi connectivity index (χ1n) is 27.6. The minimum Gasteiger partial charge on any atom is -0.490 e. The van der Waals surface area contributed by atoms with Gasteiger partial charge in [-0.15, -0.1) is 0 Å². The van der Waals surface area contributed by atoms with Crippen LogP contribution in [-0.4, -0.2) is 70.9 Å². The molecular weight excluding hydrogens is 961 g/mol. The van der Waals surface area contributed by atoms with Gasteiger partial charge in [0.15, 0.2) is 34.6 Å². The number of hydrogen-bond acceptors (Lipinski definition) is 14. The van der Waals surface area contributed by atoms with E-state index in [1.165, 1.54) is 89.2 Å². The maximum atomic E-state index is 12.8. The van der Waals surface area contributed by atoms with Gasteiger partial charge in [-0.2, -0.15) is 0 Å². The summed E-state index contributed by atoms with van der Waals surface area (Å²) < 4.78 is 39.9. The van der Waals surface area contributed by atoms with Crippen LogP contribution in [0.4, 0.5) is 0 Å². The minimum atomic E-state index is -0.421. The molecule has 0 bridgehead atoms. The van der Waals surface area contributed by atoms with Crippen LogP contribution < -0.4 is 18.9 Å². The lowest BCUT2D eigenvalue weighted by atomic mass is 10.1. The Morgan fingerprint density at radius 2 is 0.789 bits per heavy atom. The zero-order valence-corrected chi connectivity index (χ0v) is 44.9. The standard InChI is InChI=1S/C62H80N4O10/c1-4-37-74-62(69)53-35-36-56(75-47-49-27-31-51(32-28-49)60-63-43-54(44-64-60)70-38-23-19-15-11-7-9-13-17-21-25-40-72-58(67)5-2)57(42-53)76-48-50-29-33-52(34-30-50)61-65-45-55(46-66-61)71-39-24-20-16-12-8-10-14-18-22-26-41-73-59(68)6-3/h5-6,27-36,42-46H,2-4,7-26,37-41,47-48H2,1H3. The van der Waals surface area contributed by atoms with Crippen molar-refractivity contribution >= 4 is 17.9 Å². The van der Waals surface area contributed by atoms with Crippen LogP contribution in [0.2, 0.25) is 0 Å². The van der Waals surface area contributed by atoms with Crippen molar-refractivity contribution in [2.75, 3.05) is 33.0 Å². The van der Waals surface area contributed by atoms with Gasteiger partial charge in [0.1, 0.15) is 13.2 Å². The summed E-state index contributed by atoms with van der Waals surface area (Å²) in [4.78, 5) is 53.2. The minimum absolute atomic E-state index is 0.233. The zero-order valence-electron chi connectivity index (χ0n) is 44.9. The first-order chi connectivity index (χ1) is 37.3. The summed E-state index contributed by atoms with van der Waals surface area (Å²) in [6.45, 7) is 11.8. The van der Waals surface area contributed by atoms with Gasteiger partial charge >= 0.3 is 17.9 Å². The maximum Gasteiger partial charge on any atom is 0.338 e. The predicted molar refractivity (Wildman–Crippen MR) is 296 cm³/mol. The molecule has 408 valence electrons. The number of aromatic nitrogens is 4. The molecule has 0 N–H and O–H groups in total. The molecule has 0 amide bonds. The predicted octanol–water partition coefficient (Wildman–Crippen LogP) is 14.3. The van der Waals surface area contributed by atoms with E-state index >= 15 is 0 Å². The molecule has 14 heteroatoms. The second kappa shape index (κ2) is 36.8. The zero-order chi connectivity index (χ0) is 53.7. The lowest BCUT2D eigenvalue weighted by Gasteiger charge is -2.15. The van der Waals surface area contributed by atoms with Crippen LogP contribution in [0.25, 0.3) is 22.8 Å². The van der Waals surface area contributed by atoms with Gasteiger partial charge in [0.25, 0.3) is 0 Å². The molecule has 76 heavy (non-hydrogen) atoms. The van der Waals surface area contributed by atoms with Crippen LogP contribution >= 0.6 is 0 Å². The Morgan fingerprint density at radius 3 is 1.17 bits per heavy atom. The number of unbranched alkanes of at least 4 members (excludes halogenated alkanes) is 18. The van der Waals surface area contributed by atoms with Crippen LogP contribution in [-0.2, 0) is 37.0 Å². The van der Waals surface area contributed by atoms with Gasteiger partial charge in [0.2, 0.25) is 0 Å². The van der Waals surface area contributed by atoms with Crippen LogP contribution in [0.5, 0.6) is 23.0 Å².